The largest absolute Gasteiger partial charge is 0.496 e. The van der Waals surface area contributed by atoms with Crippen LogP contribution in [0.2, 0.25) is 0 Å². The number of fused-ring (bicyclic) bond motifs is 2. The highest BCUT2D eigenvalue weighted by molar-refractivity contribution is 5.51. The van der Waals surface area contributed by atoms with Crippen molar-refractivity contribution in [1.82, 2.24) is 0 Å². The summed E-state index contributed by atoms with van der Waals surface area (Å²) in [5.74, 6) is 3.39. The predicted molar refractivity (Wildman–Crippen MR) is 79.7 cm³/mol. The summed E-state index contributed by atoms with van der Waals surface area (Å²) in [6.45, 7) is 4.41. The van der Waals surface area contributed by atoms with Gasteiger partial charge in [0.1, 0.15) is 5.75 Å². The molecule has 2 aliphatic carbocycles. The molecule has 1 aromatic carbocycles. The Hall–Kier alpha value is -1.44. The molecule has 102 valence electrons. The maximum Gasteiger partial charge on any atom is 0.121 e. The van der Waals surface area contributed by atoms with Gasteiger partial charge in [0.15, 0.2) is 0 Å². The van der Waals surface area contributed by atoms with Crippen molar-refractivity contribution in [1.29, 1.82) is 0 Å². The van der Waals surface area contributed by atoms with Crippen molar-refractivity contribution in [3.63, 3.8) is 0 Å². The number of nitrogens with one attached hydrogen (secondary N) is 1. The van der Waals surface area contributed by atoms with Gasteiger partial charge in [0.05, 0.1) is 7.11 Å². The second kappa shape index (κ2) is 4.92. The van der Waals surface area contributed by atoms with E-state index in [0.29, 0.717) is 6.04 Å². The van der Waals surface area contributed by atoms with Gasteiger partial charge in [-0.1, -0.05) is 12.2 Å². The lowest BCUT2D eigenvalue weighted by molar-refractivity contribution is 0.399. The Morgan fingerprint density at radius 2 is 2.11 bits per heavy atom. The van der Waals surface area contributed by atoms with Crippen molar-refractivity contribution in [3.05, 3.63) is 35.9 Å². The zero-order valence-corrected chi connectivity index (χ0v) is 12.0. The van der Waals surface area contributed by atoms with Crippen molar-refractivity contribution in [2.75, 3.05) is 12.4 Å². The van der Waals surface area contributed by atoms with E-state index in [9.17, 15) is 0 Å². The molecule has 2 aliphatic rings. The van der Waals surface area contributed by atoms with E-state index in [4.69, 9.17) is 4.74 Å². The van der Waals surface area contributed by atoms with Crippen LogP contribution in [0.3, 0.4) is 0 Å². The quantitative estimate of drug-likeness (QED) is 0.823. The molecular weight excluding hydrogens is 234 g/mol. The molecule has 1 aromatic rings. The monoisotopic (exact) mass is 257 g/mol. The molecule has 4 unspecified atom stereocenters. The van der Waals surface area contributed by atoms with Crippen molar-refractivity contribution in [2.24, 2.45) is 17.8 Å². The highest BCUT2D eigenvalue weighted by atomic mass is 16.5. The maximum atomic E-state index is 5.31. The van der Waals surface area contributed by atoms with Crippen molar-refractivity contribution < 1.29 is 4.74 Å². The van der Waals surface area contributed by atoms with Crippen molar-refractivity contribution in [2.45, 2.75) is 32.7 Å². The smallest absolute Gasteiger partial charge is 0.121 e. The minimum Gasteiger partial charge on any atom is -0.496 e. The Morgan fingerprint density at radius 1 is 1.26 bits per heavy atom. The number of rotatable bonds is 4. The van der Waals surface area contributed by atoms with Crippen LogP contribution in [0.1, 0.15) is 25.3 Å². The van der Waals surface area contributed by atoms with E-state index in [1.807, 2.05) is 6.07 Å². The third-order valence-electron chi connectivity index (χ3n) is 4.76. The Balaban J connectivity index is 1.68. The minimum absolute atomic E-state index is 0.535. The zero-order valence-electron chi connectivity index (χ0n) is 12.0. The minimum atomic E-state index is 0.535. The first-order valence-corrected chi connectivity index (χ1v) is 7.27. The predicted octanol–water partition coefficient (Wildman–Crippen LogP) is 4.02. The van der Waals surface area contributed by atoms with Crippen LogP contribution in [-0.2, 0) is 0 Å². The molecule has 4 atom stereocenters. The number of methoxy groups -OCH3 is 1. The first-order chi connectivity index (χ1) is 9.17. The van der Waals surface area contributed by atoms with Crippen LogP contribution in [0, 0.1) is 24.7 Å². The summed E-state index contributed by atoms with van der Waals surface area (Å²) in [6, 6.07) is 6.88. The van der Waals surface area contributed by atoms with Crippen molar-refractivity contribution >= 4 is 5.69 Å². The second-order valence-electron chi connectivity index (χ2n) is 6.06. The van der Waals surface area contributed by atoms with Gasteiger partial charge in [0.25, 0.3) is 0 Å². The van der Waals surface area contributed by atoms with Gasteiger partial charge in [0, 0.05) is 11.7 Å². The van der Waals surface area contributed by atoms with E-state index in [2.05, 4.69) is 43.4 Å². The van der Waals surface area contributed by atoms with Gasteiger partial charge in [-0.25, -0.2) is 0 Å². The summed E-state index contributed by atoms with van der Waals surface area (Å²) in [5.41, 5.74) is 2.39. The van der Waals surface area contributed by atoms with E-state index in [0.717, 1.165) is 23.5 Å². The fraction of sp³-hybridized carbons (Fsp3) is 0.529. The number of hydrogen-bond donors (Lipinski definition) is 1. The van der Waals surface area contributed by atoms with Gasteiger partial charge in [-0.05, 0) is 68.2 Å². The van der Waals surface area contributed by atoms with Crippen LogP contribution in [-0.4, -0.2) is 13.2 Å². The summed E-state index contributed by atoms with van der Waals surface area (Å²) < 4.78 is 5.31. The molecule has 2 bridgehead atoms. The van der Waals surface area contributed by atoms with Gasteiger partial charge < -0.3 is 10.1 Å². The Kier molecular flexibility index (Phi) is 3.26. The van der Waals surface area contributed by atoms with Crippen LogP contribution in [0.4, 0.5) is 5.69 Å². The Bertz CT molecular complexity index is 494. The molecular formula is C17H23NO. The fourth-order valence-electron chi connectivity index (χ4n) is 3.74. The molecule has 0 aliphatic heterocycles. The zero-order chi connectivity index (χ0) is 13.4. The summed E-state index contributed by atoms with van der Waals surface area (Å²) in [6.07, 6.45) is 7.56. The molecule has 0 amide bonds. The maximum absolute atomic E-state index is 5.31. The molecule has 19 heavy (non-hydrogen) atoms. The van der Waals surface area contributed by atoms with Gasteiger partial charge in [-0.3, -0.25) is 0 Å². The lowest BCUT2D eigenvalue weighted by atomic mass is 9.87. The highest BCUT2D eigenvalue weighted by Gasteiger charge is 2.38. The molecule has 0 aromatic heterocycles. The SMILES string of the molecule is COc1ccc(NC(C)C2CC3C=CC2C3)cc1C. The fourth-order valence-corrected chi connectivity index (χ4v) is 3.74. The summed E-state index contributed by atoms with van der Waals surface area (Å²) in [4.78, 5) is 0. The standard InChI is InChI=1S/C17H23NO/c1-11-8-15(6-7-17(11)19-3)18-12(2)16-10-13-4-5-14(16)9-13/h4-8,12-14,16,18H,9-10H2,1-3H3. The topological polar surface area (TPSA) is 21.3 Å². The first kappa shape index (κ1) is 12.6. The van der Waals surface area contributed by atoms with Crippen LogP contribution in [0.5, 0.6) is 5.75 Å². The third-order valence-corrected chi connectivity index (χ3v) is 4.76. The number of aryl methyl sites for hydroxylation is 1. The molecule has 0 radical (unpaired) electrons. The summed E-state index contributed by atoms with van der Waals surface area (Å²) >= 11 is 0. The molecule has 3 rings (SSSR count). The van der Waals surface area contributed by atoms with Crippen molar-refractivity contribution in [3.8, 4) is 5.75 Å². The molecule has 1 N–H and O–H groups in total. The van der Waals surface area contributed by atoms with Crippen LogP contribution in [0.25, 0.3) is 0 Å². The molecule has 2 heteroatoms. The van der Waals surface area contributed by atoms with Gasteiger partial charge in [-0.2, -0.15) is 0 Å². The molecule has 1 saturated carbocycles. The van der Waals surface area contributed by atoms with Gasteiger partial charge >= 0.3 is 0 Å². The van der Waals surface area contributed by atoms with E-state index < -0.39 is 0 Å². The molecule has 0 spiro atoms. The van der Waals surface area contributed by atoms with Gasteiger partial charge in [-0.15, -0.1) is 0 Å². The average molecular weight is 257 g/mol. The Morgan fingerprint density at radius 3 is 2.68 bits per heavy atom. The molecule has 1 fully saturated rings. The third kappa shape index (κ3) is 2.36. The second-order valence-corrected chi connectivity index (χ2v) is 6.06. The number of hydrogen-bond acceptors (Lipinski definition) is 2. The molecule has 0 heterocycles. The number of ether oxygens (including phenoxy) is 1. The summed E-state index contributed by atoms with van der Waals surface area (Å²) in [5, 5.41) is 3.67. The first-order valence-electron chi connectivity index (χ1n) is 7.27. The van der Waals surface area contributed by atoms with Gasteiger partial charge in [0.2, 0.25) is 0 Å². The normalized spacial score (nSPS) is 29.5. The van der Waals surface area contributed by atoms with E-state index in [1.54, 1.807) is 7.11 Å². The Labute approximate surface area is 115 Å². The number of benzene rings is 1. The average Bonchev–Trinajstić information content (AvgIpc) is 3.01. The van der Waals surface area contributed by atoms with E-state index in [-0.39, 0.29) is 0 Å². The number of anilines is 1. The van der Waals surface area contributed by atoms with Crippen LogP contribution < -0.4 is 10.1 Å². The lowest BCUT2D eigenvalue weighted by Gasteiger charge is -2.27. The van der Waals surface area contributed by atoms with E-state index in [1.165, 1.54) is 24.1 Å². The molecule has 0 saturated heterocycles. The highest BCUT2D eigenvalue weighted by Crippen LogP contribution is 2.45. The molecule has 2 nitrogen and oxygen atoms in total. The summed E-state index contributed by atoms with van der Waals surface area (Å²) in [7, 11) is 1.72. The van der Waals surface area contributed by atoms with Crippen LogP contribution >= 0.6 is 0 Å². The van der Waals surface area contributed by atoms with E-state index >= 15 is 0 Å². The number of allylic oxidation sites excluding steroid dienone is 2. The lowest BCUT2D eigenvalue weighted by Crippen LogP contribution is -2.28. The van der Waals surface area contributed by atoms with Crippen LogP contribution in [0.15, 0.2) is 30.4 Å².